The van der Waals surface area contributed by atoms with E-state index in [1.807, 2.05) is 24.3 Å². The van der Waals surface area contributed by atoms with Crippen LogP contribution in [0.4, 0.5) is 11.4 Å². The molecule has 0 heterocycles. The Balaban J connectivity index is 2.36. The lowest BCUT2D eigenvalue weighted by Crippen LogP contribution is -1.89. The highest BCUT2D eigenvalue weighted by Crippen LogP contribution is 2.35. The van der Waals surface area contributed by atoms with Crippen LogP contribution in [0.5, 0.6) is 11.5 Å². The fourth-order valence-corrected chi connectivity index (χ4v) is 1.99. The van der Waals surface area contributed by atoms with E-state index in [0.717, 1.165) is 4.47 Å². The lowest BCUT2D eigenvalue weighted by molar-refractivity contribution is 0.272. The second-order valence-corrected chi connectivity index (χ2v) is 4.82. The van der Waals surface area contributed by atoms with Crippen molar-refractivity contribution in [3.8, 4) is 11.5 Å². The third-order valence-electron chi connectivity index (χ3n) is 2.65. The van der Waals surface area contributed by atoms with Gasteiger partial charge in [0.25, 0.3) is 0 Å². The zero-order valence-corrected chi connectivity index (χ0v) is 12.3. The third-order valence-corrected chi connectivity index (χ3v) is 3.33. The van der Waals surface area contributed by atoms with Crippen LogP contribution in [0.25, 0.3) is 0 Å². The molecule has 0 fully saturated rings. The summed E-state index contributed by atoms with van der Waals surface area (Å²) in [7, 11) is 1.44. The molecule has 0 radical (unpaired) electrons. The summed E-state index contributed by atoms with van der Waals surface area (Å²) in [5.41, 5.74) is 1.51. The molecule has 0 aliphatic rings. The first-order valence-corrected chi connectivity index (χ1v) is 6.62. The van der Waals surface area contributed by atoms with Gasteiger partial charge in [0, 0.05) is 16.1 Å². The quantitative estimate of drug-likeness (QED) is 0.826. The molecule has 2 aromatic rings. The number of ether oxygens (including phenoxy) is 1. The molecular weight excluding hydrogens is 324 g/mol. The van der Waals surface area contributed by atoms with Gasteiger partial charge in [-0.1, -0.05) is 12.1 Å². The molecule has 20 heavy (non-hydrogen) atoms. The number of aliphatic hydroxyl groups is 1. The van der Waals surface area contributed by atoms with Gasteiger partial charge in [0.05, 0.1) is 25.1 Å². The van der Waals surface area contributed by atoms with Crippen LogP contribution in [-0.4, -0.2) is 17.3 Å². The lowest BCUT2D eigenvalue weighted by Gasteiger charge is -2.08. The average molecular weight is 337 g/mol. The number of benzene rings is 2. The number of hydrogen-bond donors (Lipinski definition) is 2. The van der Waals surface area contributed by atoms with Gasteiger partial charge in [0.1, 0.15) is 0 Å². The van der Waals surface area contributed by atoms with E-state index >= 15 is 0 Å². The number of azo groups is 1. The normalized spacial score (nSPS) is 10.9. The van der Waals surface area contributed by atoms with Crippen molar-refractivity contribution < 1.29 is 14.9 Å². The first-order valence-electron chi connectivity index (χ1n) is 5.82. The van der Waals surface area contributed by atoms with E-state index in [2.05, 4.69) is 26.2 Å². The van der Waals surface area contributed by atoms with Crippen LogP contribution in [-0.2, 0) is 6.61 Å². The maximum Gasteiger partial charge on any atom is 0.163 e. The largest absolute Gasteiger partial charge is 0.504 e. The Morgan fingerprint density at radius 2 is 1.95 bits per heavy atom. The van der Waals surface area contributed by atoms with Crippen molar-refractivity contribution in [1.82, 2.24) is 0 Å². The first kappa shape index (κ1) is 14.5. The Morgan fingerprint density at radius 1 is 1.20 bits per heavy atom. The van der Waals surface area contributed by atoms with E-state index in [0.29, 0.717) is 16.9 Å². The molecule has 0 spiro atoms. The van der Waals surface area contributed by atoms with Gasteiger partial charge in [-0.15, -0.1) is 5.11 Å². The Hall–Kier alpha value is -1.92. The molecule has 0 saturated carbocycles. The molecule has 2 N–H and O–H groups in total. The van der Waals surface area contributed by atoms with Crippen LogP contribution in [0.2, 0.25) is 0 Å². The van der Waals surface area contributed by atoms with Gasteiger partial charge < -0.3 is 14.9 Å². The zero-order chi connectivity index (χ0) is 14.5. The Bertz CT molecular complexity index is 619. The number of aromatic hydroxyl groups is 1. The van der Waals surface area contributed by atoms with Crippen LogP contribution in [0, 0.1) is 0 Å². The van der Waals surface area contributed by atoms with Crippen LogP contribution >= 0.6 is 15.9 Å². The van der Waals surface area contributed by atoms with E-state index in [4.69, 9.17) is 4.74 Å². The number of aliphatic hydroxyl groups excluding tert-OH is 1. The van der Waals surface area contributed by atoms with E-state index in [9.17, 15) is 10.2 Å². The van der Waals surface area contributed by atoms with E-state index in [1.165, 1.54) is 7.11 Å². The molecule has 0 saturated heterocycles. The van der Waals surface area contributed by atoms with Crippen molar-refractivity contribution in [2.24, 2.45) is 10.2 Å². The third kappa shape index (κ3) is 3.15. The van der Waals surface area contributed by atoms with Crippen LogP contribution in [0.15, 0.2) is 51.1 Å². The van der Waals surface area contributed by atoms with E-state index < -0.39 is 0 Å². The molecule has 2 rings (SSSR count). The minimum absolute atomic E-state index is 0.0881. The summed E-state index contributed by atoms with van der Waals surface area (Å²) in [5.74, 6) is 0.160. The summed E-state index contributed by atoms with van der Waals surface area (Å²) in [6, 6.07) is 10.5. The van der Waals surface area contributed by atoms with Crippen molar-refractivity contribution in [2.75, 3.05) is 7.11 Å². The van der Waals surface area contributed by atoms with Crippen LogP contribution < -0.4 is 4.74 Å². The minimum atomic E-state index is -0.305. The average Bonchev–Trinajstić information content (AvgIpc) is 2.47. The van der Waals surface area contributed by atoms with Crippen molar-refractivity contribution in [3.63, 3.8) is 0 Å². The van der Waals surface area contributed by atoms with Gasteiger partial charge in [-0.05, 0) is 34.1 Å². The zero-order valence-electron chi connectivity index (χ0n) is 10.7. The van der Waals surface area contributed by atoms with E-state index in [-0.39, 0.29) is 18.1 Å². The highest BCUT2D eigenvalue weighted by Gasteiger charge is 2.09. The standard InChI is InChI=1S/C14H13BrN2O3/c1-20-13-7-10(6-9(8-18)14(13)19)16-17-12-5-3-2-4-11(12)15/h2-7,18-19H,8H2,1H3. The molecule has 5 nitrogen and oxygen atoms in total. The second-order valence-electron chi connectivity index (χ2n) is 3.97. The molecule has 0 aromatic heterocycles. The number of rotatable bonds is 4. The van der Waals surface area contributed by atoms with Gasteiger partial charge in [0.15, 0.2) is 11.5 Å². The molecular formula is C14H13BrN2O3. The van der Waals surface area contributed by atoms with E-state index in [1.54, 1.807) is 12.1 Å². The Morgan fingerprint density at radius 3 is 2.60 bits per heavy atom. The Labute approximate surface area is 124 Å². The van der Waals surface area contributed by atoms with Crippen molar-refractivity contribution in [2.45, 2.75) is 6.61 Å². The summed E-state index contributed by atoms with van der Waals surface area (Å²) in [4.78, 5) is 0. The van der Waals surface area contributed by atoms with Gasteiger partial charge >= 0.3 is 0 Å². The topological polar surface area (TPSA) is 74.4 Å². The molecule has 0 unspecified atom stereocenters. The number of nitrogens with zero attached hydrogens (tertiary/aromatic N) is 2. The summed E-state index contributed by atoms with van der Waals surface area (Å²) >= 11 is 3.38. The number of halogens is 1. The molecule has 0 bridgehead atoms. The molecule has 0 aliphatic heterocycles. The van der Waals surface area contributed by atoms with Gasteiger partial charge in [0.2, 0.25) is 0 Å². The maximum absolute atomic E-state index is 9.78. The Kier molecular flexibility index (Phi) is 4.70. The smallest absolute Gasteiger partial charge is 0.163 e. The number of methoxy groups -OCH3 is 1. The molecule has 104 valence electrons. The number of hydrogen-bond acceptors (Lipinski definition) is 5. The van der Waals surface area contributed by atoms with Crippen LogP contribution in [0.1, 0.15) is 5.56 Å². The maximum atomic E-state index is 9.78. The van der Waals surface area contributed by atoms with Gasteiger partial charge in [-0.3, -0.25) is 0 Å². The fraction of sp³-hybridized carbons (Fsp3) is 0.143. The highest BCUT2D eigenvalue weighted by atomic mass is 79.9. The van der Waals surface area contributed by atoms with Crippen molar-refractivity contribution in [3.05, 3.63) is 46.4 Å². The highest BCUT2D eigenvalue weighted by molar-refractivity contribution is 9.10. The summed E-state index contributed by atoms with van der Waals surface area (Å²) in [5, 5.41) is 27.2. The first-order chi connectivity index (χ1) is 9.65. The summed E-state index contributed by atoms with van der Waals surface area (Å²) in [6.07, 6.45) is 0. The van der Waals surface area contributed by atoms with Crippen LogP contribution in [0.3, 0.4) is 0 Å². The molecule has 6 heteroatoms. The second kappa shape index (κ2) is 6.49. The molecule has 0 aliphatic carbocycles. The molecule has 2 aromatic carbocycles. The van der Waals surface area contributed by atoms with Gasteiger partial charge in [-0.25, -0.2) is 0 Å². The lowest BCUT2D eigenvalue weighted by atomic mass is 10.1. The fourth-order valence-electron chi connectivity index (χ4n) is 1.63. The van der Waals surface area contributed by atoms with Crippen molar-refractivity contribution in [1.29, 1.82) is 0 Å². The molecule has 0 atom stereocenters. The van der Waals surface area contributed by atoms with Crippen molar-refractivity contribution >= 4 is 27.3 Å². The predicted octanol–water partition coefficient (Wildman–Crippen LogP) is 4.07. The SMILES string of the molecule is COc1cc(N=Nc2ccccc2Br)cc(CO)c1O. The molecule has 0 amide bonds. The summed E-state index contributed by atoms with van der Waals surface area (Å²) in [6.45, 7) is -0.305. The monoisotopic (exact) mass is 336 g/mol. The van der Waals surface area contributed by atoms with Gasteiger partial charge in [-0.2, -0.15) is 5.11 Å². The number of phenols is 1. The minimum Gasteiger partial charge on any atom is -0.504 e. The summed E-state index contributed by atoms with van der Waals surface area (Å²) < 4.78 is 5.86. The predicted molar refractivity (Wildman–Crippen MR) is 78.9 cm³/mol.